The van der Waals surface area contributed by atoms with Crippen LogP contribution in [-0.2, 0) is 11.2 Å². The molecule has 0 spiro atoms. The maximum atomic E-state index is 11.7. The van der Waals surface area contributed by atoms with Crippen LogP contribution in [0.4, 0.5) is 11.5 Å². The number of ether oxygens (including phenoxy) is 1. The molecule has 0 saturated heterocycles. The fraction of sp³-hybridized carbons (Fsp3) is 0.368. The van der Waals surface area contributed by atoms with Gasteiger partial charge in [0.1, 0.15) is 11.6 Å². The molecule has 5 heteroatoms. The molecule has 0 radical (unpaired) electrons. The van der Waals surface area contributed by atoms with Gasteiger partial charge in [0, 0.05) is 13.0 Å². The van der Waals surface area contributed by atoms with Gasteiger partial charge in [0.2, 0.25) is 5.91 Å². The second-order valence-electron chi connectivity index (χ2n) is 5.61. The van der Waals surface area contributed by atoms with Crippen molar-refractivity contribution in [2.45, 2.75) is 32.6 Å². The van der Waals surface area contributed by atoms with Crippen molar-refractivity contribution in [2.24, 2.45) is 0 Å². The summed E-state index contributed by atoms with van der Waals surface area (Å²) in [4.78, 5) is 15.9. The van der Waals surface area contributed by atoms with Crippen molar-refractivity contribution in [1.29, 1.82) is 0 Å². The second kappa shape index (κ2) is 9.55. The molecule has 0 aliphatic carbocycles. The minimum Gasteiger partial charge on any atom is -0.497 e. The summed E-state index contributed by atoms with van der Waals surface area (Å²) >= 11 is 0. The minimum absolute atomic E-state index is 0.0167. The number of hydrogen-bond acceptors (Lipinski definition) is 4. The third-order valence-electron chi connectivity index (χ3n) is 3.67. The van der Waals surface area contributed by atoms with E-state index in [1.807, 2.05) is 30.3 Å². The van der Waals surface area contributed by atoms with Crippen molar-refractivity contribution < 1.29 is 9.53 Å². The number of amides is 1. The number of pyridine rings is 1. The van der Waals surface area contributed by atoms with Crippen LogP contribution in [0.5, 0.6) is 5.75 Å². The molecule has 5 nitrogen and oxygen atoms in total. The standard InChI is InChI=1S/C19H25N3O2/c1-3-4-8-19(23)22-18-10-9-16(14-21-18)20-12-11-15-6-5-7-17(13-15)24-2/h5-7,9-10,13-14,20H,3-4,8,11-12H2,1-2H3,(H,21,22,23). The van der Waals surface area contributed by atoms with Crippen LogP contribution >= 0.6 is 0 Å². The number of methoxy groups -OCH3 is 1. The smallest absolute Gasteiger partial charge is 0.225 e. The zero-order chi connectivity index (χ0) is 17.2. The van der Waals surface area contributed by atoms with E-state index in [4.69, 9.17) is 4.74 Å². The molecule has 128 valence electrons. The summed E-state index contributed by atoms with van der Waals surface area (Å²) in [6, 6.07) is 11.8. The number of rotatable bonds is 9. The highest BCUT2D eigenvalue weighted by Gasteiger charge is 2.03. The average molecular weight is 327 g/mol. The number of nitrogens with zero attached hydrogens (tertiary/aromatic N) is 1. The number of benzene rings is 1. The molecule has 1 aromatic heterocycles. The first kappa shape index (κ1) is 17.8. The van der Waals surface area contributed by atoms with Crippen molar-refractivity contribution in [3.8, 4) is 5.75 Å². The van der Waals surface area contributed by atoms with Crippen LogP contribution in [0.15, 0.2) is 42.6 Å². The number of hydrogen-bond donors (Lipinski definition) is 2. The molecule has 2 rings (SSSR count). The summed E-state index contributed by atoms with van der Waals surface area (Å²) in [5.41, 5.74) is 2.15. The monoisotopic (exact) mass is 327 g/mol. The zero-order valence-electron chi connectivity index (χ0n) is 14.3. The molecular formula is C19H25N3O2. The lowest BCUT2D eigenvalue weighted by molar-refractivity contribution is -0.116. The maximum Gasteiger partial charge on any atom is 0.225 e. The third kappa shape index (κ3) is 5.91. The van der Waals surface area contributed by atoms with Gasteiger partial charge in [0.25, 0.3) is 0 Å². The van der Waals surface area contributed by atoms with Gasteiger partial charge in [-0.05, 0) is 42.7 Å². The van der Waals surface area contributed by atoms with Crippen LogP contribution in [0, 0.1) is 0 Å². The van der Waals surface area contributed by atoms with E-state index in [1.165, 1.54) is 5.56 Å². The molecule has 1 amide bonds. The topological polar surface area (TPSA) is 63.2 Å². The molecular weight excluding hydrogens is 302 g/mol. The summed E-state index contributed by atoms with van der Waals surface area (Å²) in [6.45, 7) is 2.87. The fourth-order valence-corrected chi connectivity index (χ4v) is 2.29. The van der Waals surface area contributed by atoms with Crippen molar-refractivity contribution >= 4 is 17.4 Å². The summed E-state index contributed by atoms with van der Waals surface area (Å²) in [6.07, 6.45) is 5.08. The Morgan fingerprint density at radius 1 is 1.25 bits per heavy atom. The molecule has 0 bridgehead atoms. The number of nitrogens with one attached hydrogen (secondary N) is 2. The third-order valence-corrected chi connectivity index (χ3v) is 3.67. The molecule has 2 N–H and O–H groups in total. The Labute approximate surface area is 143 Å². The van der Waals surface area contributed by atoms with E-state index in [2.05, 4.69) is 28.6 Å². The van der Waals surface area contributed by atoms with Crippen LogP contribution in [0.3, 0.4) is 0 Å². The highest BCUT2D eigenvalue weighted by atomic mass is 16.5. The van der Waals surface area contributed by atoms with Crippen LogP contribution in [-0.4, -0.2) is 24.5 Å². The van der Waals surface area contributed by atoms with Crippen LogP contribution in [0.2, 0.25) is 0 Å². The highest BCUT2D eigenvalue weighted by molar-refractivity contribution is 5.89. The minimum atomic E-state index is 0.0167. The van der Waals surface area contributed by atoms with E-state index >= 15 is 0 Å². The number of aromatic nitrogens is 1. The van der Waals surface area contributed by atoms with Gasteiger partial charge in [0.15, 0.2) is 0 Å². The quantitative estimate of drug-likeness (QED) is 0.734. The van der Waals surface area contributed by atoms with Crippen molar-refractivity contribution in [3.05, 3.63) is 48.2 Å². The van der Waals surface area contributed by atoms with Gasteiger partial charge in [-0.15, -0.1) is 0 Å². The van der Waals surface area contributed by atoms with E-state index in [9.17, 15) is 4.79 Å². The van der Waals surface area contributed by atoms with Crippen molar-refractivity contribution in [2.75, 3.05) is 24.3 Å². The Morgan fingerprint density at radius 2 is 2.12 bits per heavy atom. The van der Waals surface area contributed by atoms with Crippen LogP contribution in [0.25, 0.3) is 0 Å². The number of carbonyl (C=O) groups is 1. The lowest BCUT2D eigenvalue weighted by atomic mass is 10.1. The Balaban J connectivity index is 1.78. The van der Waals surface area contributed by atoms with E-state index in [0.717, 1.165) is 37.2 Å². The SMILES string of the molecule is CCCCC(=O)Nc1ccc(NCCc2cccc(OC)c2)cn1. The van der Waals surface area contributed by atoms with Crippen LogP contribution < -0.4 is 15.4 Å². The first-order valence-corrected chi connectivity index (χ1v) is 8.34. The molecule has 0 unspecified atom stereocenters. The fourth-order valence-electron chi connectivity index (χ4n) is 2.29. The van der Waals surface area contributed by atoms with Crippen LogP contribution in [0.1, 0.15) is 31.7 Å². The average Bonchev–Trinajstić information content (AvgIpc) is 2.61. The normalized spacial score (nSPS) is 10.2. The molecule has 0 aliphatic heterocycles. The Morgan fingerprint density at radius 3 is 2.83 bits per heavy atom. The van der Waals surface area contributed by atoms with Gasteiger partial charge in [0.05, 0.1) is 19.0 Å². The van der Waals surface area contributed by atoms with E-state index in [0.29, 0.717) is 12.2 Å². The van der Waals surface area contributed by atoms with Gasteiger partial charge < -0.3 is 15.4 Å². The number of carbonyl (C=O) groups excluding carboxylic acids is 1. The number of anilines is 2. The van der Waals surface area contributed by atoms with Crippen molar-refractivity contribution in [3.63, 3.8) is 0 Å². The molecule has 1 heterocycles. The molecule has 1 aromatic carbocycles. The Kier molecular flexibility index (Phi) is 7.08. The lowest BCUT2D eigenvalue weighted by Crippen LogP contribution is -2.12. The predicted octanol–water partition coefficient (Wildman–Crippen LogP) is 3.87. The molecule has 0 fully saturated rings. The van der Waals surface area contributed by atoms with E-state index < -0.39 is 0 Å². The highest BCUT2D eigenvalue weighted by Crippen LogP contribution is 2.14. The molecule has 24 heavy (non-hydrogen) atoms. The van der Waals surface area contributed by atoms with Gasteiger partial charge in [-0.25, -0.2) is 4.98 Å². The number of unbranched alkanes of at least 4 members (excludes halogenated alkanes) is 1. The predicted molar refractivity (Wildman–Crippen MR) is 97.6 cm³/mol. The van der Waals surface area contributed by atoms with Crippen molar-refractivity contribution in [1.82, 2.24) is 4.98 Å². The summed E-state index contributed by atoms with van der Waals surface area (Å²) < 4.78 is 5.22. The molecule has 2 aromatic rings. The summed E-state index contributed by atoms with van der Waals surface area (Å²) in [5, 5.41) is 6.14. The molecule has 0 atom stereocenters. The summed E-state index contributed by atoms with van der Waals surface area (Å²) in [7, 11) is 1.67. The zero-order valence-corrected chi connectivity index (χ0v) is 14.3. The molecule has 0 saturated carbocycles. The van der Waals surface area contributed by atoms with E-state index in [1.54, 1.807) is 13.3 Å². The van der Waals surface area contributed by atoms with Gasteiger partial charge in [-0.3, -0.25) is 4.79 Å². The Bertz CT molecular complexity index is 641. The molecule has 0 aliphatic rings. The lowest BCUT2D eigenvalue weighted by Gasteiger charge is -2.09. The Hall–Kier alpha value is -2.56. The van der Waals surface area contributed by atoms with E-state index in [-0.39, 0.29) is 5.91 Å². The maximum absolute atomic E-state index is 11.7. The first-order chi connectivity index (χ1) is 11.7. The first-order valence-electron chi connectivity index (χ1n) is 8.34. The largest absolute Gasteiger partial charge is 0.497 e. The van der Waals surface area contributed by atoms with Gasteiger partial charge >= 0.3 is 0 Å². The van der Waals surface area contributed by atoms with Gasteiger partial charge in [-0.2, -0.15) is 0 Å². The summed E-state index contributed by atoms with van der Waals surface area (Å²) in [5.74, 6) is 1.48. The second-order valence-corrected chi connectivity index (χ2v) is 5.61. The van der Waals surface area contributed by atoms with Gasteiger partial charge in [-0.1, -0.05) is 25.5 Å².